The van der Waals surface area contributed by atoms with Crippen LogP contribution in [0.3, 0.4) is 0 Å². The minimum atomic E-state index is 0.415. The summed E-state index contributed by atoms with van der Waals surface area (Å²) in [6.45, 7) is 6.54. The fourth-order valence-electron chi connectivity index (χ4n) is 2.26. The molecule has 2 rings (SSSR count). The third-order valence-electron chi connectivity index (χ3n) is 3.63. The first-order valence-electron chi connectivity index (χ1n) is 6.38. The molecule has 1 nitrogen and oxygen atoms in total. The number of nitrogens with one attached hydrogen (secondary N) is 1. The molecule has 1 aromatic carbocycles. The van der Waals surface area contributed by atoms with E-state index in [2.05, 4.69) is 55.0 Å². The highest BCUT2D eigenvalue weighted by molar-refractivity contribution is 7.08. The van der Waals surface area contributed by atoms with Crippen molar-refractivity contribution in [1.82, 2.24) is 5.32 Å². The molecule has 0 radical (unpaired) electrons. The van der Waals surface area contributed by atoms with E-state index in [0.717, 1.165) is 6.42 Å². The van der Waals surface area contributed by atoms with Gasteiger partial charge in [0.15, 0.2) is 0 Å². The zero-order chi connectivity index (χ0) is 13.1. The lowest BCUT2D eigenvalue weighted by Crippen LogP contribution is -2.19. The summed E-state index contributed by atoms with van der Waals surface area (Å²) in [4.78, 5) is 0. The van der Waals surface area contributed by atoms with Crippen molar-refractivity contribution in [1.29, 1.82) is 0 Å². The third kappa shape index (κ3) is 2.82. The molecular formula is C16H21NS. The maximum atomic E-state index is 3.43. The summed E-state index contributed by atoms with van der Waals surface area (Å²) < 4.78 is 0. The molecule has 0 amide bonds. The topological polar surface area (TPSA) is 12.0 Å². The Balaban J connectivity index is 2.20. The number of hydrogen-bond acceptors (Lipinski definition) is 2. The van der Waals surface area contributed by atoms with Crippen molar-refractivity contribution in [2.45, 2.75) is 33.2 Å². The lowest BCUT2D eigenvalue weighted by molar-refractivity contribution is 0.591. The minimum Gasteiger partial charge on any atom is -0.313 e. The number of aryl methyl sites for hydroxylation is 3. The van der Waals surface area contributed by atoms with Gasteiger partial charge in [0.2, 0.25) is 0 Å². The van der Waals surface area contributed by atoms with E-state index in [1.54, 1.807) is 11.3 Å². The van der Waals surface area contributed by atoms with Gasteiger partial charge in [0.25, 0.3) is 0 Å². The molecule has 0 spiro atoms. The van der Waals surface area contributed by atoms with Gasteiger partial charge in [-0.3, -0.25) is 0 Å². The maximum absolute atomic E-state index is 3.43. The van der Waals surface area contributed by atoms with Gasteiger partial charge in [-0.05, 0) is 72.8 Å². The van der Waals surface area contributed by atoms with E-state index < -0.39 is 0 Å². The van der Waals surface area contributed by atoms with E-state index >= 15 is 0 Å². The molecule has 0 aliphatic heterocycles. The molecule has 1 unspecified atom stereocenters. The second-order valence-corrected chi connectivity index (χ2v) is 5.72. The monoisotopic (exact) mass is 259 g/mol. The molecule has 0 saturated heterocycles. The standard InChI is InChI=1S/C16H21NS/c1-11-5-6-14(7-12(11)2)8-16(17-4)15-10-18-9-13(15)3/h5-7,9-10,16-17H,8H2,1-4H3. The Hall–Kier alpha value is -1.12. The summed E-state index contributed by atoms with van der Waals surface area (Å²) >= 11 is 1.79. The normalized spacial score (nSPS) is 12.7. The van der Waals surface area contributed by atoms with Crippen LogP contribution in [0.15, 0.2) is 29.0 Å². The van der Waals surface area contributed by atoms with Crippen molar-refractivity contribution < 1.29 is 0 Å². The summed E-state index contributed by atoms with van der Waals surface area (Å²) in [5.74, 6) is 0. The first-order valence-corrected chi connectivity index (χ1v) is 7.32. The van der Waals surface area contributed by atoms with E-state index in [1.807, 2.05) is 7.05 Å². The minimum absolute atomic E-state index is 0.415. The predicted octanol–water partition coefficient (Wildman–Crippen LogP) is 4.18. The summed E-state index contributed by atoms with van der Waals surface area (Å²) in [6, 6.07) is 7.19. The fourth-order valence-corrected chi connectivity index (χ4v) is 3.17. The second kappa shape index (κ2) is 5.68. The molecule has 1 atom stereocenters. The van der Waals surface area contributed by atoms with Crippen LogP contribution in [0.5, 0.6) is 0 Å². The second-order valence-electron chi connectivity index (χ2n) is 4.97. The number of rotatable bonds is 4. The summed E-state index contributed by atoms with van der Waals surface area (Å²) in [5.41, 5.74) is 6.97. The van der Waals surface area contributed by atoms with Crippen molar-refractivity contribution in [3.8, 4) is 0 Å². The van der Waals surface area contributed by atoms with E-state index in [0.29, 0.717) is 6.04 Å². The van der Waals surface area contributed by atoms with Gasteiger partial charge < -0.3 is 5.32 Å². The first-order chi connectivity index (χ1) is 8.61. The predicted molar refractivity (Wildman–Crippen MR) is 80.5 cm³/mol. The Morgan fingerprint density at radius 3 is 2.39 bits per heavy atom. The lowest BCUT2D eigenvalue weighted by atomic mass is 9.96. The van der Waals surface area contributed by atoms with E-state index in [-0.39, 0.29) is 0 Å². The highest BCUT2D eigenvalue weighted by Gasteiger charge is 2.13. The molecule has 1 aromatic heterocycles. The Morgan fingerprint density at radius 1 is 1.06 bits per heavy atom. The number of likely N-dealkylation sites (N-methyl/N-ethyl adjacent to an activating group) is 1. The lowest BCUT2D eigenvalue weighted by Gasteiger charge is -2.17. The average Bonchev–Trinajstić information content (AvgIpc) is 2.77. The SMILES string of the molecule is CNC(Cc1ccc(C)c(C)c1)c1cscc1C. The molecule has 0 bridgehead atoms. The summed E-state index contributed by atoms with van der Waals surface area (Å²) in [6.07, 6.45) is 1.05. The van der Waals surface area contributed by atoms with Gasteiger partial charge in [-0.1, -0.05) is 18.2 Å². The van der Waals surface area contributed by atoms with Gasteiger partial charge in [0, 0.05) is 6.04 Å². The van der Waals surface area contributed by atoms with E-state index in [9.17, 15) is 0 Å². The fraction of sp³-hybridized carbons (Fsp3) is 0.375. The molecule has 96 valence electrons. The van der Waals surface area contributed by atoms with Gasteiger partial charge in [0.1, 0.15) is 0 Å². The first kappa shape index (κ1) is 13.3. The molecule has 2 aromatic rings. The smallest absolute Gasteiger partial charge is 0.0369 e. The van der Waals surface area contributed by atoms with Gasteiger partial charge in [-0.15, -0.1) is 0 Å². The van der Waals surface area contributed by atoms with Crippen LogP contribution in [0.25, 0.3) is 0 Å². The zero-order valence-corrected chi connectivity index (χ0v) is 12.4. The Labute approximate surface area is 114 Å². The van der Waals surface area contributed by atoms with Gasteiger partial charge in [-0.25, -0.2) is 0 Å². The van der Waals surface area contributed by atoms with Crippen molar-refractivity contribution in [2.75, 3.05) is 7.05 Å². The number of hydrogen-bond donors (Lipinski definition) is 1. The van der Waals surface area contributed by atoms with Gasteiger partial charge in [-0.2, -0.15) is 11.3 Å². The number of benzene rings is 1. The van der Waals surface area contributed by atoms with Crippen LogP contribution in [-0.2, 0) is 6.42 Å². The molecule has 2 heteroatoms. The van der Waals surface area contributed by atoms with Crippen LogP contribution >= 0.6 is 11.3 Å². The Bertz CT molecular complexity index is 528. The molecule has 0 fully saturated rings. The maximum Gasteiger partial charge on any atom is 0.0369 e. The van der Waals surface area contributed by atoms with Crippen LogP contribution in [-0.4, -0.2) is 7.05 Å². The largest absolute Gasteiger partial charge is 0.313 e. The third-order valence-corrected chi connectivity index (χ3v) is 4.51. The van der Waals surface area contributed by atoms with Gasteiger partial charge in [0.05, 0.1) is 0 Å². The Morgan fingerprint density at radius 2 is 1.83 bits per heavy atom. The highest BCUT2D eigenvalue weighted by Crippen LogP contribution is 2.25. The van der Waals surface area contributed by atoms with E-state index in [1.165, 1.54) is 27.8 Å². The van der Waals surface area contributed by atoms with Crippen molar-refractivity contribution in [3.05, 3.63) is 56.8 Å². The van der Waals surface area contributed by atoms with E-state index in [4.69, 9.17) is 0 Å². The van der Waals surface area contributed by atoms with Crippen molar-refractivity contribution >= 4 is 11.3 Å². The molecule has 18 heavy (non-hydrogen) atoms. The number of thiophene rings is 1. The molecule has 0 aliphatic rings. The van der Waals surface area contributed by atoms with Crippen molar-refractivity contribution in [3.63, 3.8) is 0 Å². The summed E-state index contributed by atoms with van der Waals surface area (Å²) in [7, 11) is 2.04. The van der Waals surface area contributed by atoms with Crippen LogP contribution in [0.1, 0.15) is 33.9 Å². The molecule has 1 N–H and O–H groups in total. The van der Waals surface area contributed by atoms with Crippen LogP contribution in [0, 0.1) is 20.8 Å². The quantitative estimate of drug-likeness (QED) is 0.868. The molecular weight excluding hydrogens is 238 g/mol. The highest BCUT2D eigenvalue weighted by atomic mass is 32.1. The molecule has 1 heterocycles. The zero-order valence-electron chi connectivity index (χ0n) is 11.6. The van der Waals surface area contributed by atoms with Crippen molar-refractivity contribution in [2.24, 2.45) is 0 Å². The molecule has 0 saturated carbocycles. The molecule has 0 aliphatic carbocycles. The van der Waals surface area contributed by atoms with Crippen LogP contribution in [0.4, 0.5) is 0 Å². The van der Waals surface area contributed by atoms with Gasteiger partial charge >= 0.3 is 0 Å². The Kier molecular flexibility index (Phi) is 4.20. The average molecular weight is 259 g/mol. The van der Waals surface area contributed by atoms with Crippen LogP contribution in [0.2, 0.25) is 0 Å². The van der Waals surface area contributed by atoms with Crippen LogP contribution < -0.4 is 5.32 Å². The summed E-state index contributed by atoms with van der Waals surface area (Å²) in [5, 5.41) is 7.92.